The first-order valence-corrected chi connectivity index (χ1v) is 7.24. The van der Waals surface area contributed by atoms with Gasteiger partial charge >= 0.3 is 6.03 Å². The summed E-state index contributed by atoms with van der Waals surface area (Å²) in [7, 11) is 0. The summed E-state index contributed by atoms with van der Waals surface area (Å²) in [6.45, 7) is 3.28. The highest BCUT2D eigenvalue weighted by Gasteiger charge is 2.41. The number of nitrogens with zero attached hydrogens (tertiary/aromatic N) is 4. The minimum Gasteiger partial charge on any atom is -0.391 e. The standard InChI is InChI=1S/C13H19N5O2/c19-12-2-1-11(12)16-6-10(7-16)18-8-9(5-15-18)17-4-3-14-13(17)20/h5,8,10-12,19H,1-4,6-7H2,(H,14,20). The van der Waals surface area contributed by atoms with Crippen LogP contribution >= 0.6 is 0 Å². The quantitative estimate of drug-likeness (QED) is 0.802. The van der Waals surface area contributed by atoms with Crippen LogP contribution in [0.25, 0.3) is 0 Å². The molecule has 0 aromatic carbocycles. The maximum Gasteiger partial charge on any atom is 0.322 e. The van der Waals surface area contributed by atoms with E-state index in [-0.39, 0.29) is 12.1 Å². The summed E-state index contributed by atoms with van der Waals surface area (Å²) in [5, 5.41) is 16.8. The van der Waals surface area contributed by atoms with Gasteiger partial charge in [-0.05, 0) is 12.8 Å². The van der Waals surface area contributed by atoms with Gasteiger partial charge in [-0.25, -0.2) is 4.79 Å². The van der Waals surface area contributed by atoms with Crippen molar-refractivity contribution in [1.29, 1.82) is 0 Å². The molecule has 3 aliphatic rings. The Morgan fingerprint density at radius 2 is 2.20 bits per heavy atom. The van der Waals surface area contributed by atoms with Crippen molar-refractivity contribution in [3.63, 3.8) is 0 Å². The Labute approximate surface area is 117 Å². The average molecular weight is 277 g/mol. The summed E-state index contributed by atoms with van der Waals surface area (Å²) in [5.41, 5.74) is 0.863. The second-order valence-corrected chi connectivity index (χ2v) is 5.88. The average Bonchev–Trinajstić information content (AvgIpc) is 2.99. The van der Waals surface area contributed by atoms with Crippen LogP contribution in [0.2, 0.25) is 0 Å². The van der Waals surface area contributed by atoms with E-state index in [1.807, 2.05) is 10.9 Å². The molecule has 4 rings (SSSR count). The van der Waals surface area contributed by atoms with Gasteiger partial charge in [0.05, 0.1) is 24.0 Å². The van der Waals surface area contributed by atoms with Crippen molar-refractivity contribution in [2.24, 2.45) is 0 Å². The van der Waals surface area contributed by atoms with Gasteiger partial charge in [0.15, 0.2) is 0 Å². The number of carbonyl (C=O) groups excluding carboxylic acids is 1. The number of likely N-dealkylation sites (tertiary alicyclic amines) is 1. The van der Waals surface area contributed by atoms with Crippen molar-refractivity contribution >= 4 is 11.7 Å². The van der Waals surface area contributed by atoms with Crippen molar-refractivity contribution in [3.05, 3.63) is 12.4 Å². The molecular formula is C13H19N5O2. The molecule has 7 heteroatoms. The topological polar surface area (TPSA) is 73.6 Å². The van der Waals surface area contributed by atoms with Crippen molar-refractivity contribution in [1.82, 2.24) is 20.0 Å². The lowest BCUT2D eigenvalue weighted by Gasteiger charge is -2.49. The van der Waals surface area contributed by atoms with Gasteiger partial charge in [0.25, 0.3) is 0 Å². The molecule has 1 aromatic rings. The van der Waals surface area contributed by atoms with Gasteiger partial charge in [0, 0.05) is 38.4 Å². The molecule has 1 saturated carbocycles. The molecule has 0 bridgehead atoms. The second kappa shape index (κ2) is 4.46. The first kappa shape index (κ1) is 12.2. The highest BCUT2D eigenvalue weighted by Crippen LogP contribution is 2.33. The van der Waals surface area contributed by atoms with Gasteiger partial charge in [-0.2, -0.15) is 5.10 Å². The number of aliphatic hydroxyl groups excluding tert-OH is 1. The molecule has 2 aliphatic heterocycles. The third-order valence-corrected chi connectivity index (χ3v) is 4.69. The van der Waals surface area contributed by atoms with E-state index in [1.165, 1.54) is 0 Å². The van der Waals surface area contributed by atoms with Gasteiger partial charge in [0.2, 0.25) is 0 Å². The van der Waals surface area contributed by atoms with Gasteiger partial charge in [-0.15, -0.1) is 0 Å². The van der Waals surface area contributed by atoms with Crippen LogP contribution in [0.4, 0.5) is 10.5 Å². The maximum atomic E-state index is 11.6. The molecular weight excluding hydrogens is 258 g/mol. The Hall–Kier alpha value is -1.60. The van der Waals surface area contributed by atoms with E-state index < -0.39 is 0 Å². The number of aromatic nitrogens is 2. The lowest BCUT2D eigenvalue weighted by molar-refractivity contribution is -0.0669. The number of rotatable bonds is 3. The lowest BCUT2D eigenvalue weighted by atomic mass is 9.85. The number of anilines is 1. The van der Waals surface area contributed by atoms with Gasteiger partial charge in [-0.3, -0.25) is 14.5 Å². The minimum absolute atomic E-state index is 0.0441. The van der Waals surface area contributed by atoms with Gasteiger partial charge in [-0.1, -0.05) is 0 Å². The first-order valence-electron chi connectivity index (χ1n) is 7.24. The van der Waals surface area contributed by atoms with Crippen molar-refractivity contribution < 1.29 is 9.90 Å². The van der Waals surface area contributed by atoms with Crippen molar-refractivity contribution in [2.75, 3.05) is 31.1 Å². The van der Waals surface area contributed by atoms with E-state index >= 15 is 0 Å². The highest BCUT2D eigenvalue weighted by molar-refractivity contribution is 5.93. The van der Waals surface area contributed by atoms with E-state index in [9.17, 15) is 9.90 Å². The second-order valence-electron chi connectivity index (χ2n) is 5.88. The van der Waals surface area contributed by atoms with Crippen LogP contribution in [0.15, 0.2) is 12.4 Å². The summed E-state index contributed by atoms with van der Waals surface area (Å²) in [6, 6.07) is 0.672. The fourth-order valence-corrected chi connectivity index (χ4v) is 3.20. The van der Waals surface area contributed by atoms with E-state index in [1.54, 1.807) is 11.1 Å². The molecule has 1 aliphatic carbocycles. The Balaban J connectivity index is 1.39. The summed E-state index contributed by atoms with van der Waals surface area (Å²) < 4.78 is 1.95. The number of nitrogens with one attached hydrogen (secondary N) is 1. The summed E-state index contributed by atoms with van der Waals surface area (Å²) >= 11 is 0. The zero-order valence-corrected chi connectivity index (χ0v) is 11.3. The Bertz CT molecular complexity index is 525. The number of carbonyl (C=O) groups is 1. The van der Waals surface area contributed by atoms with Crippen LogP contribution in [-0.2, 0) is 0 Å². The number of aliphatic hydroxyl groups is 1. The van der Waals surface area contributed by atoms with Gasteiger partial charge < -0.3 is 10.4 Å². The molecule has 2 unspecified atom stereocenters. The van der Waals surface area contributed by atoms with E-state index in [0.717, 1.165) is 31.6 Å². The Morgan fingerprint density at radius 1 is 1.35 bits per heavy atom. The Kier molecular flexibility index (Phi) is 2.71. The van der Waals surface area contributed by atoms with Crippen LogP contribution in [0.5, 0.6) is 0 Å². The summed E-state index contributed by atoms with van der Waals surface area (Å²) in [6.07, 6.45) is 5.60. The monoisotopic (exact) mass is 277 g/mol. The molecule has 2 saturated heterocycles. The van der Waals surface area contributed by atoms with Crippen LogP contribution in [0, 0.1) is 0 Å². The number of hydrogen-bond acceptors (Lipinski definition) is 4. The van der Waals surface area contributed by atoms with Gasteiger partial charge in [0.1, 0.15) is 0 Å². The molecule has 0 spiro atoms. The minimum atomic E-state index is -0.141. The summed E-state index contributed by atoms with van der Waals surface area (Å²) in [5.74, 6) is 0. The van der Waals surface area contributed by atoms with E-state index in [2.05, 4.69) is 15.3 Å². The normalized spacial score (nSPS) is 31.1. The zero-order chi connectivity index (χ0) is 13.7. The Morgan fingerprint density at radius 3 is 2.80 bits per heavy atom. The molecule has 2 atom stereocenters. The predicted octanol–water partition coefficient (Wildman–Crippen LogP) is -0.207. The van der Waals surface area contributed by atoms with Crippen molar-refractivity contribution in [2.45, 2.75) is 31.0 Å². The molecule has 2 amide bonds. The third-order valence-electron chi connectivity index (χ3n) is 4.69. The SMILES string of the molecule is O=C1NCCN1c1cnn(C2CN(C3CCC3O)C2)c1. The highest BCUT2D eigenvalue weighted by atomic mass is 16.3. The van der Waals surface area contributed by atoms with Crippen LogP contribution < -0.4 is 10.2 Å². The maximum absolute atomic E-state index is 11.6. The summed E-state index contributed by atoms with van der Waals surface area (Å²) in [4.78, 5) is 15.6. The molecule has 3 fully saturated rings. The van der Waals surface area contributed by atoms with E-state index in [4.69, 9.17) is 0 Å². The molecule has 2 N–H and O–H groups in total. The van der Waals surface area contributed by atoms with Crippen LogP contribution in [-0.4, -0.2) is 64.1 Å². The van der Waals surface area contributed by atoms with Crippen LogP contribution in [0.1, 0.15) is 18.9 Å². The lowest BCUT2D eigenvalue weighted by Crippen LogP contribution is -2.60. The molecule has 3 heterocycles. The molecule has 108 valence electrons. The fraction of sp³-hybridized carbons (Fsp3) is 0.692. The molecule has 7 nitrogen and oxygen atoms in total. The number of urea groups is 1. The molecule has 0 radical (unpaired) electrons. The third kappa shape index (κ3) is 1.81. The first-order chi connectivity index (χ1) is 9.72. The largest absolute Gasteiger partial charge is 0.391 e. The number of amides is 2. The van der Waals surface area contributed by atoms with E-state index in [0.29, 0.717) is 25.2 Å². The zero-order valence-electron chi connectivity index (χ0n) is 11.3. The molecule has 20 heavy (non-hydrogen) atoms. The van der Waals surface area contributed by atoms with Crippen LogP contribution in [0.3, 0.4) is 0 Å². The fourth-order valence-electron chi connectivity index (χ4n) is 3.20. The smallest absolute Gasteiger partial charge is 0.322 e. The predicted molar refractivity (Wildman–Crippen MR) is 72.6 cm³/mol. The molecule has 1 aromatic heterocycles. The van der Waals surface area contributed by atoms with Crippen molar-refractivity contribution in [3.8, 4) is 0 Å². The number of hydrogen-bond donors (Lipinski definition) is 2.